The number of benzene rings is 6. The molecule has 4 nitrogen and oxygen atoms in total. The fraction of sp³-hybridized carbons (Fsp3) is 0.176. The van der Waals surface area contributed by atoms with Crippen LogP contribution in [0.25, 0.3) is 33.0 Å². The van der Waals surface area contributed by atoms with Gasteiger partial charge in [-0.3, -0.25) is 0 Å². The van der Waals surface area contributed by atoms with Gasteiger partial charge in [0, 0.05) is 17.0 Å². The molecule has 0 unspecified atom stereocenters. The molecule has 0 fully saturated rings. The summed E-state index contributed by atoms with van der Waals surface area (Å²) in [5.74, 6) is 3.03. The van der Waals surface area contributed by atoms with E-state index in [1.165, 1.54) is 0 Å². The highest BCUT2D eigenvalue weighted by atomic mass is 16.5. The van der Waals surface area contributed by atoms with Gasteiger partial charge in [0.25, 0.3) is 0 Å². The van der Waals surface area contributed by atoms with Gasteiger partial charge in [-0.15, -0.1) is 0 Å². The molecule has 0 amide bonds. The van der Waals surface area contributed by atoms with E-state index in [2.05, 4.69) is 145 Å². The summed E-state index contributed by atoms with van der Waals surface area (Å²) in [6, 6.07) is 36.8. The highest BCUT2D eigenvalue weighted by Gasteiger charge is 2.29. The lowest BCUT2D eigenvalue weighted by Gasteiger charge is -2.28. The Hall–Kier alpha value is -6.26. The molecule has 0 atom stereocenters. The molecule has 6 aromatic rings. The molecule has 0 N–H and O–H groups in total. The average molecular weight is 727 g/mol. The maximum Gasteiger partial charge on any atom is 0.126 e. The van der Waals surface area contributed by atoms with Crippen molar-refractivity contribution in [2.75, 3.05) is 26.4 Å². The fourth-order valence-corrected chi connectivity index (χ4v) is 7.33. The molecule has 0 aliphatic rings. The minimum Gasteiger partial charge on any atom is -0.489 e. The van der Waals surface area contributed by atoms with Crippen LogP contribution < -0.4 is 18.9 Å². The van der Waals surface area contributed by atoms with Crippen molar-refractivity contribution in [3.05, 3.63) is 193 Å². The molecule has 0 aromatic heterocycles. The molecule has 278 valence electrons. The first-order chi connectivity index (χ1) is 26.8. The van der Waals surface area contributed by atoms with Gasteiger partial charge in [-0.25, -0.2) is 0 Å². The molecule has 6 rings (SSSR count). The molecule has 0 saturated heterocycles. The van der Waals surface area contributed by atoms with Gasteiger partial charge in [0.2, 0.25) is 0 Å². The van der Waals surface area contributed by atoms with E-state index in [0.29, 0.717) is 26.4 Å². The van der Waals surface area contributed by atoms with E-state index in [0.717, 1.165) is 95.0 Å². The highest BCUT2D eigenvalue weighted by molar-refractivity contribution is 5.88. The maximum atomic E-state index is 6.63. The van der Waals surface area contributed by atoms with Crippen molar-refractivity contribution in [2.45, 2.75) is 33.6 Å². The predicted octanol–water partition coefficient (Wildman–Crippen LogP) is 12.8. The Morgan fingerprint density at radius 3 is 1.35 bits per heavy atom. The van der Waals surface area contributed by atoms with Crippen LogP contribution in [0.5, 0.6) is 23.0 Å². The summed E-state index contributed by atoms with van der Waals surface area (Å²) in [7, 11) is 0. The summed E-state index contributed by atoms with van der Waals surface area (Å²) in [6.45, 7) is 25.6. The molecule has 0 radical (unpaired) electrons. The number of hydrogen-bond donors (Lipinski definition) is 0. The smallest absolute Gasteiger partial charge is 0.126 e. The van der Waals surface area contributed by atoms with E-state index in [9.17, 15) is 0 Å². The SMILES string of the molecule is C=CCOc1ccc(-c2cc(C)c(OCC=C)c(C(c3cc(-c4ccc(OCC=C)c(C)c4)cc(C)c3OCC=C)c3cccc4ccccc34)c2)cc1C. The Kier molecular flexibility index (Phi) is 12.4. The number of rotatable bonds is 17. The summed E-state index contributed by atoms with van der Waals surface area (Å²) >= 11 is 0. The van der Waals surface area contributed by atoms with Gasteiger partial charge in [-0.2, -0.15) is 0 Å². The van der Waals surface area contributed by atoms with Crippen molar-refractivity contribution in [2.24, 2.45) is 0 Å². The summed E-state index contributed by atoms with van der Waals surface area (Å²) in [6.07, 6.45) is 7.11. The van der Waals surface area contributed by atoms with Crippen LogP contribution in [0.4, 0.5) is 0 Å². The molecule has 0 aliphatic carbocycles. The Morgan fingerprint density at radius 2 is 0.873 bits per heavy atom. The summed E-state index contributed by atoms with van der Waals surface area (Å²) in [4.78, 5) is 0. The average Bonchev–Trinajstić information content (AvgIpc) is 3.19. The number of aryl methyl sites for hydroxylation is 4. The van der Waals surface area contributed by atoms with Gasteiger partial charge < -0.3 is 18.9 Å². The largest absolute Gasteiger partial charge is 0.489 e. The Balaban J connectivity index is 1.67. The lowest BCUT2D eigenvalue weighted by Crippen LogP contribution is -2.12. The summed E-state index contributed by atoms with van der Waals surface area (Å²) in [5, 5.41) is 2.31. The van der Waals surface area contributed by atoms with Gasteiger partial charge in [0.1, 0.15) is 49.4 Å². The van der Waals surface area contributed by atoms with E-state index < -0.39 is 0 Å². The molecule has 6 aromatic carbocycles. The summed E-state index contributed by atoms with van der Waals surface area (Å²) in [5.41, 5.74) is 11.7. The molecule has 0 saturated carbocycles. The van der Waals surface area contributed by atoms with Gasteiger partial charge in [0.05, 0.1) is 0 Å². The second-order valence-corrected chi connectivity index (χ2v) is 13.8. The van der Waals surface area contributed by atoms with Crippen LogP contribution in [-0.4, -0.2) is 26.4 Å². The first-order valence-electron chi connectivity index (χ1n) is 18.7. The van der Waals surface area contributed by atoms with Gasteiger partial charge in [0.15, 0.2) is 0 Å². The second-order valence-electron chi connectivity index (χ2n) is 13.8. The van der Waals surface area contributed by atoms with Crippen molar-refractivity contribution in [3.63, 3.8) is 0 Å². The van der Waals surface area contributed by atoms with Crippen LogP contribution in [0, 0.1) is 27.7 Å². The standard InChI is InChI=1S/C51H50O4/c1-9-24-52-47-22-20-39(28-34(47)5)41-30-36(7)50(54-26-11-3)45(32-41)49(44-19-15-17-38-16-13-14-18-43(38)44)46-33-42(31-37(8)51(46)55-27-12-4)40-21-23-48(35(6)29-40)53-25-10-2/h9-23,28-33,49H,1-4,24-27H2,5-8H3. The molecule has 0 bridgehead atoms. The van der Waals surface area contributed by atoms with E-state index in [1.807, 2.05) is 12.1 Å². The highest BCUT2D eigenvalue weighted by Crippen LogP contribution is 2.48. The zero-order valence-electron chi connectivity index (χ0n) is 32.5. The Bertz CT molecular complexity index is 2230. The summed E-state index contributed by atoms with van der Waals surface area (Å²) < 4.78 is 25.1. The third kappa shape index (κ3) is 8.45. The van der Waals surface area contributed by atoms with Crippen molar-refractivity contribution < 1.29 is 18.9 Å². The maximum absolute atomic E-state index is 6.63. The monoisotopic (exact) mass is 726 g/mol. The zero-order valence-corrected chi connectivity index (χ0v) is 32.5. The van der Waals surface area contributed by atoms with Crippen LogP contribution in [0.2, 0.25) is 0 Å². The third-order valence-corrected chi connectivity index (χ3v) is 9.78. The Morgan fingerprint density at radius 1 is 0.436 bits per heavy atom. The van der Waals surface area contributed by atoms with Crippen molar-refractivity contribution in [3.8, 4) is 45.3 Å². The topological polar surface area (TPSA) is 36.9 Å². The van der Waals surface area contributed by atoms with Crippen LogP contribution in [0.3, 0.4) is 0 Å². The van der Waals surface area contributed by atoms with E-state index in [4.69, 9.17) is 18.9 Å². The second kappa shape index (κ2) is 17.7. The van der Waals surface area contributed by atoms with Crippen molar-refractivity contribution in [1.29, 1.82) is 0 Å². The number of ether oxygens (including phenoxy) is 4. The van der Waals surface area contributed by atoms with Crippen LogP contribution >= 0.6 is 0 Å². The van der Waals surface area contributed by atoms with Crippen molar-refractivity contribution in [1.82, 2.24) is 0 Å². The molecule has 4 heteroatoms. The van der Waals surface area contributed by atoms with E-state index in [1.54, 1.807) is 24.3 Å². The quantitative estimate of drug-likeness (QED) is 0.0693. The molecule has 0 heterocycles. The molecule has 55 heavy (non-hydrogen) atoms. The number of hydrogen-bond acceptors (Lipinski definition) is 4. The van der Waals surface area contributed by atoms with Crippen molar-refractivity contribution >= 4 is 10.8 Å². The molecule has 0 spiro atoms. The van der Waals surface area contributed by atoms with Crippen LogP contribution in [0.15, 0.2) is 154 Å². The first kappa shape index (κ1) is 38.5. The minimum atomic E-state index is -0.296. The normalized spacial score (nSPS) is 10.9. The lowest BCUT2D eigenvalue weighted by atomic mass is 9.79. The zero-order chi connectivity index (χ0) is 38.9. The van der Waals surface area contributed by atoms with Crippen LogP contribution in [0.1, 0.15) is 44.9 Å². The molecular formula is C51H50O4. The molecule has 0 aliphatic heterocycles. The fourth-order valence-electron chi connectivity index (χ4n) is 7.33. The number of fused-ring (bicyclic) bond motifs is 1. The van der Waals surface area contributed by atoms with Crippen LogP contribution in [-0.2, 0) is 0 Å². The minimum absolute atomic E-state index is 0.296. The van der Waals surface area contributed by atoms with Gasteiger partial charge in [-0.1, -0.05) is 105 Å². The van der Waals surface area contributed by atoms with Gasteiger partial charge in [-0.05, 0) is 137 Å². The molecular weight excluding hydrogens is 677 g/mol. The van der Waals surface area contributed by atoms with E-state index in [-0.39, 0.29) is 5.92 Å². The third-order valence-electron chi connectivity index (χ3n) is 9.78. The van der Waals surface area contributed by atoms with Gasteiger partial charge >= 0.3 is 0 Å². The van der Waals surface area contributed by atoms with E-state index >= 15 is 0 Å². The predicted molar refractivity (Wildman–Crippen MR) is 230 cm³/mol. The Labute approximate surface area is 326 Å². The first-order valence-corrected chi connectivity index (χ1v) is 18.7. The lowest BCUT2D eigenvalue weighted by molar-refractivity contribution is 0.351.